The fraction of sp³-hybridized carbons (Fsp3) is 0.300. The molecule has 138 valence electrons. The summed E-state index contributed by atoms with van der Waals surface area (Å²) in [6.45, 7) is 7.07. The molecule has 0 unspecified atom stereocenters. The van der Waals surface area contributed by atoms with E-state index in [2.05, 4.69) is 5.43 Å². The van der Waals surface area contributed by atoms with Gasteiger partial charge in [0.05, 0.1) is 11.1 Å². The highest BCUT2D eigenvalue weighted by Gasteiger charge is 2.30. The Morgan fingerprint density at radius 3 is 2.15 bits per heavy atom. The summed E-state index contributed by atoms with van der Waals surface area (Å²) in [7, 11) is 0. The zero-order valence-corrected chi connectivity index (χ0v) is 15.3. The summed E-state index contributed by atoms with van der Waals surface area (Å²) >= 11 is 0. The van der Waals surface area contributed by atoms with Crippen LogP contribution in [0.2, 0.25) is 0 Å². The molecule has 2 aromatic rings. The van der Waals surface area contributed by atoms with Crippen LogP contribution in [0, 0.1) is 11.6 Å². The highest BCUT2D eigenvalue weighted by Crippen LogP contribution is 2.17. The lowest BCUT2D eigenvalue weighted by Gasteiger charge is -2.35. The number of aryl methyl sites for hydroxylation is 1. The van der Waals surface area contributed by atoms with E-state index in [4.69, 9.17) is 0 Å². The molecule has 0 aliphatic carbocycles. The molecular formula is C20H22F2N2O2. The van der Waals surface area contributed by atoms with Crippen LogP contribution in [0.15, 0.2) is 42.5 Å². The Hall–Kier alpha value is -2.76. The standard InChI is InChI=1S/C20H22F2N2O2/c1-5-13-6-11-16(17(22)12-13)18(25)23-24(20(2,3)4)19(26)14-7-9-15(21)10-8-14/h6-12H,5H2,1-4H3,(H,23,25). The first kappa shape index (κ1) is 19.6. The summed E-state index contributed by atoms with van der Waals surface area (Å²) in [4.78, 5) is 25.3. The second-order valence-corrected chi connectivity index (χ2v) is 6.93. The van der Waals surface area contributed by atoms with Crippen molar-refractivity contribution < 1.29 is 18.4 Å². The predicted octanol–water partition coefficient (Wildman–Crippen LogP) is 4.11. The van der Waals surface area contributed by atoms with Crippen LogP contribution in [0.5, 0.6) is 0 Å². The van der Waals surface area contributed by atoms with E-state index >= 15 is 0 Å². The van der Waals surface area contributed by atoms with Crippen molar-refractivity contribution in [2.24, 2.45) is 0 Å². The quantitative estimate of drug-likeness (QED) is 0.838. The number of amides is 2. The number of carbonyl (C=O) groups excluding carboxylic acids is 2. The largest absolute Gasteiger partial charge is 0.272 e. The molecule has 0 atom stereocenters. The molecule has 2 aromatic carbocycles. The predicted molar refractivity (Wildman–Crippen MR) is 95.6 cm³/mol. The summed E-state index contributed by atoms with van der Waals surface area (Å²) < 4.78 is 27.3. The van der Waals surface area contributed by atoms with Crippen molar-refractivity contribution in [3.8, 4) is 0 Å². The van der Waals surface area contributed by atoms with E-state index in [1.54, 1.807) is 26.8 Å². The van der Waals surface area contributed by atoms with E-state index in [1.807, 2.05) is 6.92 Å². The Labute approximate surface area is 151 Å². The van der Waals surface area contributed by atoms with Crippen molar-refractivity contribution in [3.63, 3.8) is 0 Å². The van der Waals surface area contributed by atoms with Crippen molar-refractivity contribution in [2.45, 2.75) is 39.7 Å². The number of rotatable bonds is 3. The van der Waals surface area contributed by atoms with Crippen LogP contribution in [0.4, 0.5) is 8.78 Å². The Kier molecular flexibility index (Phi) is 5.75. The van der Waals surface area contributed by atoms with Gasteiger partial charge in [-0.15, -0.1) is 0 Å². The Morgan fingerprint density at radius 2 is 1.65 bits per heavy atom. The first-order valence-electron chi connectivity index (χ1n) is 8.33. The molecule has 0 saturated carbocycles. The number of benzene rings is 2. The van der Waals surface area contributed by atoms with Gasteiger partial charge in [-0.05, 0) is 69.2 Å². The highest BCUT2D eigenvalue weighted by molar-refractivity contribution is 5.99. The van der Waals surface area contributed by atoms with Gasteiger partial charge in [0.15, 0.2) is 0 Å². The van der Waals surface area contributed by atoms with Gasteiger partial charge in [0.25, 0.3) is 11.8 Å². The third kappa shape index (κ3) is 4.45. The number of nitrogens with zero attached hydrogens (tertiary/aromatic N) is 1. The lowest BCUT2D eigenvalue weighted by atomic mass is 10.1. The molecule has 6 heteroatoms. The van der Waals surface area contributed by atoms with Crippen LogP contribution >= 0.6 is 0 Å². The summed E-state index contributed by atoms with van der Waals surface area (Å²) in [6, 6.07) is 9.36. The topological polar surface area (TPSA) is 49.4 Å². The van der Waals surface area contributed by atoms with Gasteiger partial charge in [-0.1, -0.05) is 13.0 Å². The summed E-state index contributed by atoms with van der Waals surface area (Å²) in [5.74, 6) is -2.36. The van der Waals surface area contributed by atoms with E-state index in [9.17, 15) is 18.4 Å². The molecule has 0 aromatic heterocycles. The normalized spacial score (nSPS) is 11.2. The molecule has 26 heavy (non-hydrogen) atoms. The summed E-state index contributed by atoms with van der Waals surface area (Å²) in [5, 5.41) is 1.12. The number of carbonyl (C=O) groups is 2. The van der Waals surface area contributed by atoms with Gasteiger partial charge in [-0.3, -0.25) is 15.0 Å². The number of halogens is 2. The van der Waals surface area contributed by atoms with Crippen LogP contribution in [0.1, 0.15) is 54.0 Å². The van der Waals surface area contributed by atoms with Gasteiger partial charge >= 0.3 is 0 Å². The van der Waals surface area contributed by atoms with E-state index in [0.717, 1.165) is 10.6 Å². The Balaban J connectivity index is 2.29. The smallest absolute Gasteiger partial charge is 0.267 e. The molecule has 0 fully saturated rings. The monoisotopic (exact) mass is 360 g/mol. The second kappa shape index (κ2) is 7.64. The van der Waals surface area contributed by atoms with E-state index in [1.165, 1.54) is 36.4 Å². The molecule has 1 N–H and O–H groups in total. The van der Waals surface area contributed by atoms with E-state index < -0.39 is 29.0 Å². The van der Waals surface area contributed by atoms with Crippen LogP contribution < -0.4 is 5.43 Å². The van der Waals surface area contributed by atoms with E-state index in [-0.39, 0.29) is 11.1 Å². The maximum Gasteiger partial charge on any atom is 0.272 e. The van der Waals surface area contributed by atoms with Crippen molar-refractivity contribution in [1.29, 1.82) is 0 Å². The Morgan fingerprint density at radius 1 is 1.04 bits per heavy atom. The molecule has 0 aliphatic rings. The minimum absolute atomic E-state index is 0.150. The SMILES string of the molecule is CCc1ccc(C(=O)NN(C(=O)c2ccc(F)cc2)C(C)(C)C)c(F)c1. The lowest BCUT2D eigenvalue weighted by Crippen LogP contribution is -2.56. The molecular weight excluding hydrogens is 338 g/mol. The number of nitrogens with one attached hydrogen (secondary N) is 1. The first-order chi connectivity index (χ1) is 12.1. The van der Waals surface area contributed by atoms with E-state index in [0.29, 0.717) is 6.42 Å². The van der Waals surface area contributed by atoms with Crippen molar-refractivity contribution >= 4 is 11.8 Å². The van der Waals surface area contributed by atoms with Crippen LogP contribution in [-0.4, -0.2) is 22.4 Å². The minimum atomic E-state index is -0.777. The highest BCUT2D eigenvalue weighted by atomic mass is 19.1. The first-order valence-corrected chi connectivity index (χ1v) is 8.33. The maximum atomic E-state index is 14.2. The molecule has 0 bridgehead atoms. The molecule has 0 aliphatic heterocycles. The average Bonchev–Trinajstić information content (AvgIpc) is 2.58. The van der Waals surface area contributed by atoms with Gasteiger partial charge in [0.2, 0.25) is 0 Å². The average molecular weight is 360 g/mol. The van der Waals surface area contributed by atoms with Gasteiger partial charge in [-0.2, -0.15) is 0 Å². The third-order valence-corrected chi connectivity index (χ3v) is 3.86. The maximum absolute atomic E-state index is 14.2. The lowest BCUT2D eigenvalue weighted by molar-refractivity contribution is 0.0357. The van der Waals surface area contributed by atoms with Gasteiger partial charge in [0.1, 0.15) is 11.6 Å². The van der Waals surface area contributed by atoms with Crippen molar-refractivity contribution in [3.05, 3.63) is 70.8 Å². The fourth-order valence-electron chi connectivity index (χ4n) is 2.37. The van der Waals surface area contributed by atoms with Gasteiger partial charge < -0.3 is 0 Å². The Bertz CT molecular complexity index is 812. The van der Waals surface area contributed by atoms with Crippen LogP contribution in [0.25, 0.3) is 0 Å². The van der Waals surface area contributed by atoms with Gasteiger partial charge in [-0.25, -0.2) is 13.8 Å². The zero-order valence-electron chi connectivity index (χ0n) is 15.3. The molecule has 0 saturated heterocycles. The molecule has 4 nitrogen and oxygen atoms in total. The number of hydrogen-bond acceptors (Lipinski definition) is 2. The number of hydrogen-bond donors (Lipinski definition) is 1. The fourth-order valence-corrected chi connectivity index (χ4v) is 2.37. The minimum Gasteiger partial charge on any atom is -0.267 e. The second-order valence-electron chi connectivity index (χ2n) is 6.93. The molecule has 0 heterocycles. The van der Waals surface area contributed by atoms with Gasteiger partial charge in [0, 0.05) is 5.56 Å². The van der Waals surface area contributed by atoms with Crippen molar-refractivity contribution in [2.75, 3.05) is 0 Å². The third-order valence-electron chi connectivity index (χ3n) is 3.86. The van der Waals surface area contributed by atoms with Crippen molar-refractivity contribution in [1.82, 2.24) is 10.4 Å². The molecule has 2 rings (SSSR count). The molecule has 2 amide bonds. The van der Waals surface area contributed by atoms with Crippen LogP contribution in [0.3, 0.4) is 0 Å². The number of hydrazine groups is 1. The van der Waals surface area contributed by atoms with Crippen LogP contribution in [-0.2, 0) is 6.42 Å². The summed E-state index contributed by atoms with van der Waals surface area (Å²) in [5.41, 5.74) is 2.53. The molecule has 0 spiro atoms. The molecule has 0 radical (unpaired) electrons. The summed E-state index contributed by atoms with van der Waals surface area (Å²) in [6.07, 6.45) is 0.649. The zero-order chi connectivity index (χ0) is 19.5.